The van der Waals surface area contributed by atoms with Crippen LogP contribution in [-0.2, 0) is 22.5 Å². The lowest BCUT2D eigenvalue weighted by Gasteiger charge is -2.19. The molecule has 3 aromatic rings. The van der Waals surface area contributed by atoms with Crippen molar-refractivity contribution in [2.24, 2.45) is 0 Å². The Morgan fingerprint density at radius 3 is 2.87 bits per heavy atom. The third-order valence-corrected chi connectivity index (χ3v) is 6.83. The summed E-state index contributed by atoms with van der Waals surface area (Å²) in [5.74, 6) is -0.0844. The minimum absolute atomic E-state index is 0.0644. The van der Waals surface area contributed by atoms with Crippen LogP contribution in [0.3, 0.4) is 0 Å². The molecule has 3 heterocycles. The largest absolute Gasteiger partial charge is 0.469 e. The molecule has 4 rings (SSSR count). The molecule has 1 aliphatic heterocycles. The first kappa shape index (κ1) is 20.6. The van der Waals surface area contributed by atoms with Crippen molar-refractivity contribution >= 4 is 45.0 Å². The molecule has 0 saturated carbocycles. The van der Waals surface area contributed by atoms with Gasteiger partial charge in [0.15, 0.2) is 0 Å². The summed E-state index contributed by atoms with van der Waals surface area (Å²) in [6.07, 6.45) is 1.60. The molecule has 7 nitrogen and oxygen atoms in total. The van der Waals surface area contributed by atoms with Gasteiger partial charge in [-0.3, -0.25) is 19.0 Å². The SMILES string of the molecule is COC(=O)CC(NC(=O)c1sc2nc3n(c(=O)c2c1C)CCC3)c1ccccc1Cl. The summed E-state index contributed by atoms with van der Waals surface area (Å²) in [5.41, 5.74) is 1.12. The first-order valence-electron chi connectivity index (χ1n) is 9.55. The Bertz CT molecular complexity index is 1220. The molecule has 1 atom stereocenters. The van der Waals surface area contributed by atoms with Crippen LogP contribution in [0.2, 0.25) is 5.02 Å². The summed E-state index contributed by atoms with van der Waals surface area (Å²) < 4.78 is 6.47. The summed E-state index contributed by atoms with van der Waals surface area (Å²) in [7, 11) is 1.29. The molecule has 0 saturated heterocycles. The number of esters is 1. The van der Waals surface area contributed by atoms with Gasteiger partial charge in [0.2, 0.25) is 0 Å². The monoisotopic (exact) mass is 445 g/mol. The minimum atomic E-state index is -0.665. The van der Waals surface area contributed by atoms with E-state index in [1.165, 1.54) is 18.4 Å². The van der Waals surface area contributed by atoms with E-state index in [4.69, 9.17) is 16.3 Å². The molecular weight excluding hydrogens is 426 g/mol. The number of methoxy groups -OCH3 is 1. The lowest BCUT2D eigenvalue weighted by Crippen LogP contribution is -2.30. The van der Waals surface area contributed by atoms with Crippen molar-refractivity contribution in [2.75, 3.05) is 7.11 Å². The van der Waals surface area contributed by atoms with Crippen LogP contribution in [0.1, 0.15) is 45.5 Å². The maximum Gasteiger partial charge on any atom is 0.307 e. The zero-order chi connectivity index (χ0) is 21.4. The number of nitrogens with one attached hydrogen (secondary N) is 1. The van der Waals surface area contributed by atoms with Crippen molar-refractivity contribution in [1.29, 1.82) is 0 Å². The van der Waals surface area contributed by atoms with Gasteiger partial charge in [-0.15, -0.1) is 11.3 Å². The number of fused-ring (bicyclic) bond motifs is 2. The van der Waals surface area contributed by atoms with Crippen LogP contribution in [0, 0.1) is 6.92 Å². The normalized spacial score (nSPS) is 13.8. The molecule has 30 heavy (non-hydrogen) atoms. The molecule has 1 aliphatic rings. The van der Waals surface area contributed by atoms with Crippen LogP contribution >= 0.6 is 22.9 Å². The number of nitrogens with zero attached hydrogens (tertiary/aromatic N) is 2. The van der Waals surface area contributed by atoms with Crippen LogP contribution in [0.5, 0.6) is 0 Å². The number of carbonyl (C=O) groups is 2. The molecule has 9 heteroatoms. The third-order valence-electron chi connectivity index (χ3n) is 5.30. The maximum absolute atomic E-state index is 13.1. The highest BCUT2D eigenvalue weighted by Gasteiger charge is 2.26. The number of carbonyl (C=O) groups excluding carboxylic acids is 2. The van der Waals surface area contributed by atoms with Crippen LogP contribution in [0.4, 0.5) is 0 Å². The lowest BCUT2D eigenvalue weighted by molar-refractivity contribution is -0.141. The van der Waals surface area contributed by atoms with Crippen LogP contribution < -0.4 is 10.9 Å². The highest BCUT2D eigenvalue weighted by molar-refractivity contribution is 7.20. The second kappa shape index (κ2) is 8.20. The molecule has 2 aromatic heterocycles. The number of hydrogen-bond donors (Lipinski definition) is 1. The van der Waals surface area contributed by atoms with E-state index in [0.717, 1.165) is 18.7 Å². The number of aromatic nitrogens is 2. The van der Waals surface area contributed by atoms with E-state index in [0.29, 0.717) is 37.8 Å². The molecule has 156 valence electrons. The van der Waals surface area contributed by atoms with Gasteiger partial charge in [-0.1, -0.05) is 29.8 Å². The summed E-state index contributed by atoms with van der Waals surface area (Å²) in [5, 5.41) is 3.81. The Morgan fingerprint density at radius 2 is 2.13 bits per heavy atom. The molecule has 1 amide bonds. The van der Waals surface area contributed by atoms with E-state index in [2.05, 4.69) is 10.3 Å². The highest BCUT2D eigenvalue weighted by Crippen LogP contribution is 2.30. The fourth-order valence-electron chi connectivity index (χ4n) is 3.76. The van der Waals surface area contributed by atoms with Gasteiger partial charge in [-0.05, 0) is 30.5 Å². The second-order valence-electron chi connectivity index (χ2n) is 7.15. The van der Waals surface area contributed by atoms with Gasteiger partial charge in [0.05, 0.1) is 29.8 Å². The number of hydrogen-bond acceptors (Lipinski definition) is 6. The Kier molecular flexibility index (Phi) is 5.62. The van der Waals surface area contributed by atoms with Crippen molar-refractivity contribution in [2.45, 2.75) is 38.8 Å². The number of amides is 1. The lowest BCUT2D eigenvalue weighted by atomic mass is 10.0. The van der Waals surface area contributed by atoms with Gasteiger partial charge in [-0.25, -0.2) is 4.98 Å². The summed E-state index contributed by atoms with van der Waals surface area (Å²) >= 11 is 7.49. The first-order valence-corrected chi connectivity index (χ1v) is 10.7. The third kappa shape index (κ3) is 3.61. The van der Waals surface area contributed by atoms with Crippen LogP contribution in [0.15, 0.2) is 29.1 Å². The maximum atomic E-state index is 13.1. The summed E-state index contributed by atoms with van der Waals surface area (Å²) in [4.78, 5) is 43.5. The minimum Gasteiger partial charge on any atom is -0.469 e. The van der Waals surface area contributed by atoms with Gasteiger partial charge in [0.25, 0.3) is 11.5 Å². The average Bonchev–Trinajstić information content (AvgIpc) is 3.33. The van der Waals surface area contributed by atoms with Gasteiger partial charge >= 0.3 is 5.97 Å². The molecule has 0 aliphatic carbocycles. The van der Waals surface area contributed by atoms with Crippen molar-refractivity contribution in [3.8, 4) is 0 Å². The van der Waals surface area contributed by atoms with E-state index in [1.807, 2.05) is 0 Å². The van der Waals surface area contributed by atoms with E-state index >= 15 is 0 Å². The predicted octanol–water partition coefficient (Wildman–Crippen LogP) is 3.40. The van der Waals surface area contributed by atoms with Gasteiger partial charge in [0, 0.05) is 18.0 Å². The predicted molar refractivity (Wildman–Crippen MR) is 115 cm³/mol. The van der Waals surface area contributed by atoms with E-state index in [-0.39, 0.29) is 17.9 Å². The molecule has 0 fully saturated rings. The molecule has 0 bridgehead atoms. The topological polar surface area (TPSA) is 90.3 Å². The van der Waals surface area contributed by atoms with E-state index in [9.17, 15) is 14.4 Å². The summed E-state index contributed by atoms with van der Waals surface area (Å²) in [6.45, 7) is 2.41. The van der Waals surface area contributed by atoms with Crippen molar-refractivity contribution in [3.63, 3.8) is 0 Å². The van der Waals surface area contributed by atoms with Crippen molar-refractivity contribution in [3.05, 3.63) is 61.5 Å². The number of thiophene rings is 1. The van der Waals surface area contributed by atoms with E-state index < -0.39 is 12.0 Å². The van der Waals surface area contributed by atoms with Crippen LogP contribution in [-0.4, -0.2) is 28.5 Å². The highest BCUT2D eigenvalue weighted by atomic mass is 35.5. The first-order chi connectivity index (χ1) is 14.4. The molecule has 1 aromatic carbocycles. The fourth-order valence-corrected chi connectivity index (χ4v) is 5.12. The van der Waals surface area contributed by atoms with Crippen molar-refractivity contribution in [1.82, 2.24) is 14.9 Å². The number of ether oxygens (including phenoxy) is 1. The molecule has 0 spiro atoms. The standard InChI is InChI=1S/C21H20ClN3O4S/c1-11-17-20(24-15-8-5-9-25(15)21(17)28)30-18(11)19(27)23-14(10-16(26)29-2)12-6-3-4-7-13(12)22/h3-4,6-7,14H,5,8-10H2,1-2H3,(H,23,27). The Labute approximate surface area is 181 Å². The fraction of sp³-hybridized carbons (Fsp3) is 0.333. The quantitative estimate of drug-likeness (QED) is 0.608. The zero-order valence-electron chi connectivity index (χ0n) is 16.5. The molecular formula is C21H20ClN3O4S. The van der Waals surface area contributed by atoms with Crippen molar-refractivity contribution < 1.29 is 14.3 Å². The molecule has 1 N–H and O–H groups in total. The number of benzene rings is 1. The van der Waals surface area contributed by atoms with Gasteiger partial charge in [-0.2, -0.15) is 0 Å². The average molecular weight is 446 g/mol. The smallest absolute Gasteiger partial charge is 0.307 e. The Morgan fingerprint density at radius 1 is 1.37 bits per heavy atom. The molecule has 0 radical (unpaired) electrons. The molecule has 1 unspecified atom stereocenters. The van der Waals surface area contributed by atoms with Gasteiger partial charge in [0.1, 0.15) is 10.7 Å². The number of halogens is 1. The number of rotatable bonds is 5. The Balaban J connectivity index is 1.71. The van der Waals surface area contributed by atoms with Crippen LogP contribution in [0.25, 0.3) is 10.2 Å². The van der Waals surface area contributed by atoms with Gasteiger partial charge < -0.3 is 10.1 Å². The zero-order valence-corrected chi connectivity index (χ0v) is 18.1. The Hall–Kier alpha value is -2.71. The summed E-state index contributed by atoms with van der Waals surface area (Å²) in [6, 6.07) is 6.35. The van der Waals surface area contributed by atoms with E-state index in [1.54, 1.807) is 35.8 Å². The second-order valence-corrected chi connectivity index (χ2v) is 8.56. The number of aryl methyl sites for hydroxylation is 2.